The fourth-order valence-corrected chi connectivity index (χ4v) is 2.47. The van der Waals surface area contributed by atoms with Crippen molar-refractivity contribution in [2.45, 2.75) is 44.7 Å². The summed E-state index contributed by atoms with van der Waals surface area (Å²) in [4.78, 5) is 0. The second-order valence-electron chi connectivity index (χ2n) is 4.77. The van der Waals surface area contributed by atoms with Crippen molar-refractivity contribution in [1.29, 1.82) is 5.26 Å². The number of hydrogen-bond acceptors (Lipinski definition) is 3. The first kappa shape index (κ1) is 12.1. The Hall–Kier alpha value is -1.34. The summed E-state index contributed by atoms with van der Waals surface area (Å²) >= 11 is 0. The maximum absolute atomic E-state index is 8.92. The Labute approximate surface area is 103 Å². The van der Waals surface area contributed by atoms with Gasteiger partial charge < -0.3 is 5.32 Å². The molecule has 2 rings (SSSR count). The summed E-state index contributed by atoms with van der Waals surface area (Å²) in [5.41, 5.74) is 0. The van der Waals surface area contributed by atoms with Gasteiger partial charge in [-0.15, -0.1) is 0 Å². The van der Waals surface area contributed by atoms with Gasteiger partial charge in [0.25, 0.3) is 0 Å². The third-order valence-corrected chi connectivity index (χ3v) is 3.41. The van der Waals surface area contributed by atoms with Crippen LogP contribution in [0.15, 0.2) is 18.5 Å². The van der Waals surface area contributed by atoms with Gasteiger partial charge >= 0.3 is 0 Å². The molecule has 0 aliphatic heterocycles. The minimum Gasteiger partial charge on any atom is -0.314 e. The number of nitrogens with one attached hydrogen (secondary N) is 1. The van der Waals surface area contributed by atoms with E-state index >= 15 is 0 Å². The molecule has 1 fully saturated rings. The average Bonchev–Trinajstić information content (AvgIpc) is 2.88. The molecule has 0 saturated heterocycles. The third-order valence-electron chi connectivity index (χ3n) is 3.41. The maximum atomic E-state index is 8.92. The van der Waals surface area contributed by atoms with Gasteiger partial charge in [0.2, 0.25) is 0 Å². The minimum atomic E-state index is 0.271. The van der Waals surface area contributed by atoms with Crippen molar-refractivity contribution in [3.05, 3.63) is 18.5 Å². The van der Waals surface area contributed by atoms with E-state index in [1.165, 1.54) is 12.8 Å². The molecule has 0 bridgehead atoms. The van der Waals surface area contributed by atoms with Crippen LogP contribution in [0.3, 0.4) is 0 Å². The predicted octanol–water partition coefficient (Wildman–Crippen LogP) is 1.95. The zero-order chi connectivity index (χ0) is 11.9. The smallest absolute Gasteiger partial charge is 0.0656 e. The van der Waals surface area contributed by atoms with E-state index in [0.29, 0.717) is 6.04 Å². The zero-order valence-corrected chi connectivity index (χ0v) is 10.2. The van der Waals surface area contributed by atoms with E-state index in [4.69, 9.17) is 5.26 Å². The summed E-state index contributed by atoms with van der Waals surface area (Å²) in [5, 5.41) is 16.6. The highest BCUT2D eigenvalue weighted by atomic mass is 15.3. The fourth-order valence-electron chi connectivity index (χ4n) is 2.47. The van der Waals surface area contributed by atoms with Gasteiger partial charge in [-0.05, 0) is 38.3 Å². The zero-order valence-electron chi connectivity index (χ0n) is 10.2. The van der Waals surface area contributed by atoms with Crippen molar-refractivity contribution in [3.63, 3.8) is 0 Å². The standard InChI is InChI=1S/C13H20N4/c14-11-12-4-1-5-13(10-12)15-6-2-8-17-9-3-7-16-17/h3,7,9,12-13,15H,1-2,4-6,8,10H2/t12-,13-/m1/s1. The van der Waals surface area contributed by atoms with Gasteiger partial charge in [-0.2, -0.15) is 10.4 Å². The Balaban J connectivity index is 1.60. The molecule has 1 aromatic rings. The molecule has 1 saturated carbocycles. The molecule has 1 N–H and O–H groups in total. The minimum absolute atomic E-state index is 0.271. The Morgan fingerprint density at radius 2 is 2.41 bits per heavy atom. The van der Waals surface area contributed by atoms with Gasteiger partial charge in [0.1, 0.15) is 0 Å². The number of aromatic nitrogens is 2. The van der Waals surface area contributed by atoms with Crippen LogP contribution in [0.1, 0.15) is 32.1 Å². The quantitative estimate of drug-likeness (QED) is 0.789. The van der Waals surface area contributed by atoms with Crippen LogP contribution in [0.2, 0.25) is 0 Å². The summed E-state index contributed by atoms with van der Waals surface area (Å²) in [6, 6.07) is 4.89. The highest BCUT2D eigenvalue weighted by Crippen LogP contribution is 2.23. The van der Waals surface area contributed by atoms with Crippen molar-refractivity contribution in [2.75, 3.05) is 6.54 Å². The van der Waals surface area contributed by atoms with Crippen molar-refractivity contribution < 1.29 is 0 Å². The number of rotatable bonds is 5. The maximum Gasteiger partial charge on any atom is 0.0656 e. The van der Waals surface area contributed by atoms with E-state index < -0.39 is 0 Å². The lowest BCUT2D eigenvalue weighted by atomic mass is 9.87. The van der Waals surface area contributed by atoms with E-state index in [-0.39, 0.29) is 5.92 Å². The second kappa shape index (κ2) is 6.41. The molecule has 0 aromatic carbocycles. The van der Waals surface area contributed by atoms with E-state index in [1.54, 1.807) is 0 Å². The largest absolute Gasteiger partial charge is 0.314 e. The molecule has 17 heavy (non-hydrogen) atoms. The third kappa shape index (κ3) is 3.86. The summed E-state index contributed by atoms with van der Waals surface area (Å²) < 4.78 is 1.96. The van der Waals surface area contributed by atoms with Crippen molar-refractivity contribution >= 4 is 0 Å². The highest BCUT2D eigenvalue weighted by molar-refractivity contribution is 4.90. The molecule has 1 aromatic heterocycles. The Bertz CT molecular complexity index is 352. The molecule has 0 radical (unpaired) electrons. The first-order chi connectivity index (χ1) is 8.38. The van der Waals surface area contributed by atoms with Gasteiger partial charge in [0, 0.05) is 30.9 Å². The van der Waals surface area contributed by atoms with Crippen molar-refractivity contribution in [2.24, 2.45) is 5.92 Å². The first-order valence-electron chi connectivity index (χ1n) is 6.49. The molecular weight excluding hydrogens is 212 g/mol. The van der Waals surface area contributed by atoms with Gasteiger partial charge in [0.15, 0.2) is 0 Å². The molecule has 2 atom stereocenters. The van der Waals surface area contributed by atoms with Gasteiger partial charge in [-0.3, -0.25) is 4.68 Å². The van der Waals surface area contributed by atoms with Crippen LogP contribution in [0.4, 0.5) is 0 Å². The monoisotopic (exact) mass is 232 g/mol. The second-order valence-corrected chi connectivity index (χ2v) is 4.77. The van der Waals surface area contributed by atoms with Crippen LogP contribution in [0.5, 0.6) is 0 Å². The molecule has 0 spiro atoms. The van der Waals surface area contributed by atoms with E-state index in [2.05, 4.69) is 16.5 Å². The van der Waals surface area contributed by atoms with Gasteiger partial charge in [0.05, 0.1) is 6.07 Å². The van der Waals surface area contributed by atoms with E-state index in [0.717, 1.165) is 32.4 Å². The average molecular weight is 232 g/mol. The van der Waals surface area contributed by atoms with Crippen molar-refractivity contribution in [1.82, 2.24) is 15.1 Å². The van der Waals surface area contributed by atoms with Crippen LogP contribution in [0, 0.1) is 17.2 Å². The Morgan fingerprint density at radius 1 is 1.47 bits per heavy atom. The topological polar surface area (TPSA) is 53.6 Å². The SMILES string of the molecule is N#C[C@@H]1CCC[C@@H](NCCCn2cccn2)C1. The van der Waals surface area contributed by atoms with Gasteiger partial charge in [-0.25, -0.2) is 0 Å². The first-order valence-corrected chi connectivity index (χ1v) is 6.49. The van der Waals surface area contributed by atoms with Crippen LogP contribution in [-0.2, 0) is 6.54 Å². The molecular formula is C13H20N4. The number of aryl methyl sites for hydroxylation is 1. The van der Waals surface area contributed by atoms with Crippen LogP contribution < -0.4 is 5.32 Å². The Kier molecular flexibility index (Phi) is 4.57. The Morgan fingerprint density at radius 3 is 3.18 bits per heavy atom. The van der Waals surface area contributed by atoms with Crippen LogP contribution in [0.25, 0.3) is 0 Å². The molecule has 1 heterocycles. The van der Waals surface area contributed by atoms with Gasteiger partial charge in [-0.1, -0.05) is 6.42 Å². The number of nitriles is 1. The molecule has 1 aliphatic rings. The number of nitrogens with zero attached hydrogens (tertiary/aromatic N) is 3. The van der Waals surface area contributed by atoms with Crippen LogP contribution in [-0.4, -0.2) is 22.4 Å². The summed E-state index contributed by atoms with van der Waals surface area (Å²) in [6.07, 6.45) is 9.42. The molecule has 0 amide bonds. The highest BCUT2D eigenvalue weighted by Gasteiger charge is 2.20. The molecule has 4 nitrogen and oxygen atoms in total. The lowest BCUT2D eigenvalue weighted by molar-refractivity contribution is 0.324. The van der Waals surface area contributed by atoms with E-state index in [1.807, 2.05) is 23.1 Å². The fraction of sp³-hybridized carbons (Fsp3) is 0.692. The normalized spacial score (nSPS) is 24.4. The summed E-state index contributed by atoms with van der Waals surface area (Å²) in [6.45, 7) is 1.98. The molecule has 4 heteroatoms. The van der Waals surface area contributed by atoms with Crippen molar-refractivity contribution in [3.8, 4) is 6.07 Å². The summed E-state index contributed by atoms with van der Waals surface area (Å²) in [5.74, 6) is 0.271. The van der Waals surface area contributed by atoms with Crippen LogP contribution >= 0.6 is 0 Å². The van der Waals surface area contributed by atoms with E-state index in [9.17, 15) is 0 Å². The molecule has 0 unspecified atom stereocenters. The molecule has 1 aliphatic carbocycles. The lowest BCUT2D eigenvalue weighted by Gasteiger charge is -2.26. The molecule has 92 valence electrons. The number of hydrogen-bond donors (Lipinski definition) is 1. The summed E-state index contributed by atoms with van der Waals surface area (Å²) in [7, 11) is 0. The predicted molar refractivity (Wildman–Crippen MR) is 66.2 cm³/mol. The lowest BCUT2D eigenvalue weighted by Crippen LogP contribution is -2.34.